The molecule has 2 aromatic carbocycles. The SMILES string of the molecule is CC[Si](CC)(CC)OCC1C(N(Cc2ccc(OC)cc2)S(=O)(=O)N(C)C)C[C@@H](C)N1C(=O)OCc1ccccc1. The zero-order valence-corrected chi connectivity index (χ0v) is 27.4. The Labute approximate surface area is 247 Å². The zero-order valence-electron chi connectivity index (χ0n) is 25.6. The number of amides is 1. The molecule has 0 aliphatic carbocycles. The van der Waals surface area contributed by atoms with Crippen molar-refractivity contribution in [3.63, 3.8) is 0 Å². The Balaban J connectivity index is 1.99. The molecule has 41 heavy (non-hydrogen) atoms. The van der Waals surface area contributed by atoms with Gasteiger partial charge >= 0.3 is 6.09 Å². The molecule has 0 radical (unpaired) electrons. The van der Waals surface area contributed by atoms with E-state index in [1.807, 2.05) is 61.5 Å². The minimum Gasteiger partial charge on any atom is -0.497 e. The molecule has 1 amide bonds. The highest BCUT2D eigenvalue weighted by Crippen LogP contribution is 2.34. The van der Waals surface area contributed by atoms with Gasteiger partial charge in [0.05, 0.1) is 25.8 Å². The van der Waals surface area contributed by atoms with E-state index < -0.39 is 36.7 Å². The second-order valence-electron chi connectivity index (χ2n) is 10.9. The van der Waals surface area contributed by atoms with Crippen LogP contribution in [0.1, 0.15) is 45.2 Å². The maximum Gasteiger partial charge on any atom is 0.410 e. The predicted molar refractivity (Wildman–Crippen MR) is 164 cm³/mol. The lowest BCUT2D eigenvalue weighted by Gasteiger charge is -2.38. The molecule has 1 fully saturated rings. The summed E-state index contributed by atoms with van der Waals surface area (Å²) in [6.07, 6.45) is 0.0113. The number of benzene rings is 2. The van der Waals surface area contributed by atoms with Crippen LogP contribution in [0.2, 0.25) is 18.1 Å². The highest BCUT2D eigenvalue weighted by molar-refractivity contribution is 7.86. The first kappa shape index (κ1) is 33.1. The monoisotopic (exact) mass is 605 g/mol. The molecule has 0 aromatic heterocycles. The highest BCUT2D eigenvalue weighted by Gasteiger charge is 2.49. The average molecular weight is 606 g/mol. The molecule has 0 spiro atoms. The van der Waals surface area contributed by atoms with Crippen LogP contribution in [0.5, 0.6) is 5.75 Å². The van der Waals surface area contributed by atoms with Crippen LogP contribution in [0.15, 0.2) is 54.6 Å². The fourth-order valence-electron chi connectivity index (χ4n) is 5.55. The van der Waals surface area contributed by atoms with Crippen molar-refractivity contribution in [3.8, 4) is 5.75 Å². The van der Waals surface area contributed by atoms with Crippen LogP contribution in [-0.4, -0.2) is 82.3 Å². The van der Waals surface area contributed by atoms with E-state index in [4.69, 9.17) is 13.9 Å². The van der Waals surface area contributed by atoms with Crippen molar-refractivity contribution >= 4 is 24.6 Å². The first-order valence-corrected chi connectivity index (χ1v) is 18.4. The molecule has 3 atom stereocenters. The molecule has 1 aliphatic heterocycles. The molecule has 1 aliphatic rings. The molecule has 2 unspecified atom stereocenters. The Kier molecular flexibility index (Phi) is 11.8. The van der Waals surface area contributed by atoms with E-state index in [1.54, 1.807) is 12.0 Å². The molecular formula is C30H47N3O6SSi. The minimum absolute atomic E-state index is 0.143. The molecule has 0 bridgehead atoms. The first-order chi connectivity index (χ1) is 19.5. The molecule has 3 rings (SSSR count). The molecule has 9 nitrogen and oxygen atoms in total. The van der Waals surface area contributed by atoms with Gasteiger partial charge in [0.2, 0.25) is 0 Å². The number of rotatable bonds is 14. The number of hydrogen-bond donors (Lipinski definition) is 0. The maximum absolute atomic E-state index is 13.8. The topological polar surface area (TPSA) is 88.6 Å². The van der Waals surface area contributed by atoms with Crippen LogP contribution >= 0.6 is 0 Å². The van der Waals surface area contributed by atoms with Crippen LogP contribution in [0.3, 0.4) is 0 Å². The number of carbonyl (C=O) groups is 1. The van der Waals surface area contributed by atoms with Gasteiger partial charge in [0.25, 0.3) is 10.2 Å². The lowest BCUT2D eigenvalue weighted by atomic mass is 10.1. The van der Waals surface area contributed by atoms with Crippen LogP contribution < -0.4 is 4.74 Å². The summed E-state index contributed by atoms with van der Waals surface area (Å²) in [5.41, 5.74) is 1.72. The molecule has 11 heteroatoms. The Morgan fingerprint density at radius 3 is 2.12 bits per heavy atom. The largest absolute Gasteiger partial charge is 0.497 e. The Morgan fingerprint density at radius 2 is 1.59 bits per heavy atom. The highest BCUT2D eigenvalue weighted by atomic mass is 32.2. The van der Waals surface area contributed by atoms with Crippen molar-refractivity contribution in [2.45, 2.75) is 83.5 Å². The van der Waals surface area contributed by atoms with Gasteiger partial charge < -0.3 is 13.9 Å². The van der Waals surface area contributed by atoms with Crippen molar-refractivity contribution in [2.75, 3.05) is 27.8 Å². The number of methoxy groups -OCH3 is 1. The van der Waals surface area contributed by atoms with Gasteiger partial charge in [-0.3, -0.25) is 4.90 Å². The normalized spacial score (nSPS) is 19.6. The number of hydrogen-bond acceptors (Lipinski definition) is 6. The van der Waals surface area contributed by atoms with Crippen molar-refractivity contribution in [2.24, 2.45) is 0 Å². The number of nitrogens with zero attached hydrogens (tertiary/aromatic N) is 3. The summed E-state index contributed by atoms with van der Waals surface area (Å²) in [6.45, 7) is 8.99. The summed E-state index contributed by atoms with van der Waals surface area (Å²) in [5.74, 6) is 0.698. The zero-order chi connectivity index (χ0) is 30.2. The Morgan fingerprint density at radius 1 is 0.976 bits per heavy atom. The summed E-state index contributed by atoms with van der Waals surface area (Å²) in [7, 11) is -1.21. The average Bonchev–Trinajstić information content (AvgIpc) is 3.31. The standard InChI is InChI=1S/C30H47N3O6SSi/c1-8-41(9-2,10-3)39-23-29-28(20-24(4)33(29)30(34)38-22-26-14-12-11-13-15-26)32(40(35,36)31(5)6)21-25-16-18-27(37-7)19-17-25/h11-19,24,28-29H,8-10,20-23H2,1-7H3/t24-,28?,29?/m1/s1. The summed E-state index contributed by atoms with van der Waals surface area (Å²) >= 11 is 0. The van der Waals surface area contributed by atoms with Gasteiger partial charge in [0.1, 0.15) is 12.4 Å². The van der Waals surface area contributed by atoms with E-state index in [0.29, 0.717) is 12.2 Å². The number of carbonyl (C=O) groups excluding carboxylic acids is 1. The fraction of sp³-hybridized carbons (Fsp3) is 0.567. The third-order valence-corrected chi connectivity index (χ3v) is 15.0. The van der Waals surface area contributed by atoms with Gasteiger partial charge in [0, 0.05) is 26.7 Å². The lowest BCUT2D eigenvalue weighted by Crippen LogP contribution is -2.55. The van der Waals surface area contributed by atoms with Crippen molar-refractivity contribution in [1.29, 1.82) is 0 Å². The summed E-state index contributed by atoms with van der Waals surface area (Å²) in [5, 5.41) is 0. The third-order valence-electron chi connectivity index (χ3n) is 8.39. The Hall–Kier alpha value is -2.44. The van der Waals surface area contributed by atoms with Gasteiger partial charge in [-0.15, -0.1) is 0 Å². The summed E-state index contributed by atoms with van der Waals surface area (Å²) in [4.78, 5) is 15.3. The van der Waals surface area contributed by atoms with Crippen molar-refractivity contribution < 1.29 is 27.1 Å². The van der Waals surface area contributed by atoms with Gasteiger partial charge in [0.15, 0.2) is 8.32 Å². The minimum atomic E-state index is -3.86. The van der Waals surface area contributed by atoms with Gasteiger partial charge in [-0.05, 0) is 54.7 Å². The molecule has 1 saturated heterocycles. The lowest BCUT2D eigenvalue weighted by molar-refractivity contribution is 0.0611. The molecular weight excluding hydrogens is 558 g/mol. The van der Waals surface area contributed by atoms with Crippen LogP contribution in [0, 0.1) is 0 Å². The van der Waals surface area contributed by atoms with E-state index in [-0.39, 0.29) is 25.8 Å². The molecule has 0 saturated carbocycles. The van der Waals surface area contributed by atoms with E-state index in [0.717, 1.165) is 29.3 Å². The molecule has 228 valence electrons. The van der Waals surface area contributed by atoms with E-state index >= 15 is 0 Å². The fourth-order valence-corrected chi connectivity index (χ4v) is 9.49. The quantitative estimate of drug-likeness (QED) is 0.265. The van der Waals surface area contributed by atoms with Crippen LogP contribution in [-0.2, 0) is 32.5 Å². The second-order valence-corrected chi connectivity index (χ2v) is 17.8. The molecule has 0 N–H and O–H groups in total. The Bertz CT molecular complexity index is 1200. The van der Waals surface area contributed by atoms with E-state index in [9.17, 15) is 13.2 Å². The first-order valence-electron chi connectivity index (χ1n) is 14.5. The molecule has 2 aromatic rings. The van der Waals surface area contributed by atoms with Crippen molar-refractivity contribution in [3.05, 3.63) is 65.7 Å². The second kappa shape index (κ2) is 14.6. The van der Waals surface area contributed by atoms with E-state index in [2.05, 4.69) is 20.8 Å². The van der Waals surface area contributed by atoms with E-state index in [1.165, 1.54) is 22.7 Å². The van der Waals surface area contributed by atoms with Crippen LogP contribution in [0.25, 0.3) is 0 Å². The number of likely N-dealkylation sites (tertiary alicyclic amines) is 1. The predicted octanol–water partition coefficient (Wildman–Crippen LogP) is 5.49. The number of ether oxygens (including phenoxy) is 2. The molecule has 1 heterocycles. The van der Waals surface area contributed by atoms with Gasteiger partial charge in [-0.2, -0.15) is 17.0 Å². The summed E-state index contributed by atoms with van der Waals surface area (Å²) < 4.78 is 48.2. The van der Waals surface area contributed by atoms with Gasteiger partial charge in [-0.1, -0.05) is 63.2 Å². The summed E-state index contributed by atoms with van der Waals surface area (Å²) in [6, 6.07) is 18.6. The smallest absolute Gasteiger partial charge is 0.410 e. The van der Waals surface area contributed by atoms with Crippen molar-refractivity contribution in [1.82, 2.24) is 13.5 Å². The third kappa shape index (κ3) is 7.89. The van der Waals surface area contributed by atoms with Crippen LogP contribution in [0.4, 0.5) is 4.79 Å². The maximum atomic E-state index is 13.8. The van der Waals surface area contributed by atoms with Gasteiger partial charge in [-0.25, -0.2) is 4.79 Å².